The number of carbonyl (C=O) groups is 2. The normalized spacial score (nSPS) is 10.3. The van der Waals surface area contributed by atoms with Crippen LogP contribution in [0.1, 0.15) is 26.3 Å². The van der Waals surface area contributed by atoms with Gasteiger partial charge in [0.2, 0.25) is 12.3 Å². The number of hydrogen-bond donors (Lipinski definition) is 0. The van der Waals surface area contributed by atoms with Crippen LogP contribution >= 0.6 is 0 Å². The van der Waals surface area contributed by atoms with Crippen molar-refractivity contribution in [1.29, 1.82) is 0 Å². The quantitative estimate of drug-likeness (QED) is 0.537. The van der Waals surface area contributed by atoms with Crippen molar-refractivity contribution >= 4 is 11.6 Å². The molecule has 0 spiro atoms. The highest BCUT2D eigenvalue weighted by atomic mass is 16.1. The molecule has 0 radical (unpaired) electrons. The lowest BCUT2D eigenvalue weighted by molar-refractivity contribution is -0.683. The lowest BCUT2D eigenvalue weighted by atomic mass is 9.96. The summed E-state index contributed by atoms with van der Waals surface area (Å²) in [5.41, 5.74) is 1.44. The van der Waals surface area contributed by atoms with E-state index >= 15 is 0 Å². The Morgan fingerprint density at radius 1 is 0.826 bits per heavy atom. The number of hydrogen-bond acceptors (Lipinski definition) is 3. The fourth-order valence-electron chi connectivity index (χ4n) is 2.37. The standard InChI is InChI=1S/C19H15N2O2/c22-18(14-21-12-10-20-11-13-21)16-8-4-5-9-17(16)19(23)15-6-2-1-3-7-15/h1-13H,14H2/q+1. The van der Waals surface area contributed by atoms with Crippen molar-refractivity contribution in [3.63, 3.8) is 0 Å². The van der Waals surface area contributed by atoms with E-state index in [9.17, 15) is 9.59 Å². The average Bonchev–Trinajstić information content (AvgIpc) is 2.62. The third-order valence-electron chi connectivity index (χ3n) is 3.52. The summed E-state index contributed by atoms with van der Waals surface area (Å²) in [6.45, 7) is 0.168. The molecule has 0 saturated carbocycles. The van der Waals surface area contributed by atoms with Gasteiger partial charge in [-0.1, -0.05) is 54.6 Å². The SMILES string of the molecule is O=C(C[n+]1ccncc1)c1ccccc1C(=O)c1ccccc1. The number of rotatable bonds is 5. The minimum absolute atomic E-state index is 0.110. The maximum atomic E-state index is 12.7. The maximum Gasteiger partial charge on any atom is 0.228 e. The second-order valence-corrected chi connectivity index (χ2v) is 5.08. The van der Waals surface area contributed by atoms with Gasteiger partial charge in [0.25, 0.3) is 0 Å². The molecular weight excluding hydrogens is 288 g/mol. The molecule has 3 rings (SSSR count). The number of aromatic nitrogens is 2. The van der Waals surface area contributed by atoms with Gasteiger partial charge in [0.05, 0.1) is 12.4 Å². The molecule has 0 aliphatic rings. The Morgan fingerprint density at radius 3 is 2.13 bits per heavy atom. The van der Waals surface area contributed by atoms with Crippen molar-refractivity contribution in [3.05, 3.63) is 96.1 Å². The Balaban J connectivity index is 1.92. The Hall–Kier alpha value is -3.14. The first-order chi connectivity index (χ1) is 11.3. The van der Waals surface area contributed by atoms with Gasteiger partial charge in [-0.3, -0.25) is 14.6 Å². The number of carbonyl (C=O) groups excluding carboxylic acids is 2. The number of Topliss-reactive ketones (excluding diaryl/α,β-unsaturated/α-hetero) is 1. The first-order valence-corrected chi connectivity index (χ1v) is 7.27. The van der Waals surface area contributed by atoms with Crippen LogP contribution in [-0.4, -0.2) is 16.6 Å². The van der Waals surface area contributed by atoms with Crippen LogP contribution in [0.5, 0.6) is 0 Å². The Bertz CT molecular complexity index is 830. The summed E-state index contributed by atoms with van der Waals surface area (Å²) >= 11 is 0. The van der Waals surface area contributed by atoms with E-state index < -0.39 is 0 Å². The Morgan fingerprint density at radius 2 is 1.43 bits per heavy atom. The van der Waals surface area contributed by atoms with Crippen LogP contribution in [0, 0.1) is 0 Å². The van der Waals surface area contributed by atoms with E-state index in [2.05, 4.69) is 4.98 Å². The second kappa shape index (κ2) is 6.75. The summed E-state index contributed by atoms with van der Waals surface area (Å²) in [6.07, 6.45) is 6.68. The van der Waals surface area contributed by atoms with Gasteiger partial charge in [-0.25, -0.2) is 0 Å². The predicted octanol–water partition coefficient (Wildman–Crippen LogP) is 2.48. The average molecular weight is 303 g/mol. The van der Waals surface area contributed by atoms with Crippen LogP contribution in [0.25, 0.3) is 0 Å². The zero-order valence-electron chi connectivity index (χ0n) is 12.4. The van der Waals surface area contributed by atoms with Crippen LogP contribution in [0.15, 0.2) is 79.4 Å². The number of nitrogens with zero attached hydrogens (tertiary/aromatic N) is 2. The smallest absolute Gasteiger partial charge is 0.228 e. The molecule has 0 aliphatic carbocycles. The summed E-state index contributed by atoms with van der Waals surface area (Å²) in [4.78, 5) is 29.2. The molecule has 1 aromatic heterocycles. The first kappa shape index (κ1) is 14.8. The highest BCUT2D eigenvalue weighted by Crippen LogP contribution is 2.15. The van der Waals surface area contributed by atoms with E-state index in [-0.39, 0.29) is 18.1 Å². The van der Waals surface area contributed by atoms with Gasteiger partial charge in [0, 0.05) is 16.7 Å². The molecule has 23 heavy (non-hydrogen) atoms. The van der Waals surface area contributed by atoms with E-state index in [1.54, 1.807) is 65.8 Å². The van der Waals surface area contributed by atoms with E-state index in [1.165, 1.54) is 0 Å². The van der Waals surface area contributed by atoms with Crippen LogP contribution in [0.3, 0.4) is 0 Å². The van der Waals surface area contributed by atoms with Gasteiger partial charge in [0.15, 0.2) is 18.2 Å². The molecule has 0 saturated heterocycles. The fourth-order valence-corrected chi connectivity index (χ4v) is 2.37. The molecule has 0 aliphatic heterocycles. The summed E-state index contributed by atoms with van der Waals surface area (Å²) in [5.74, 6) is -0.254. The number of benzene rings is 2. The lowest BCUT2D eigenvalue weighted by Crippen LogP contribution is -2.37. The second-order valence-electron chi connectivity index (χ2n) is 5.08. The molecule has 4 nitrogen and oxygen atoms in total. The van der Waals surface area contributed by atoms with E-state index in [1.807, 2.05) is 18.2 Å². The molecule has 112 valence electrons. The zero-order chi connectivity index (χ0) is 16.1. The van der Waals surface area contributed by atoms with Crippen molar-refractivity contribution < 1.29 is 14.2 Å². The van der Waals surface area contributed by atoms with Gasteiger partial charge in [-0.15, -0.1) is 0 Å². The van der Waals surface area contributed by atoms with Gasteiger partial charge in [0.1, 0.15) is 0 Å². The summed E-state index contributed by atoms with van der Waals surface area (Å²) in [7, 11) is 0. The topological polar surface area (TPSA) is 50.9 Å². The molecule has 4 heteroatoms. The molecule has 3 aromatic rings. The van der Waals surface area contributed by atoms with Crippen molar-refractivity contribution in [3.8, 4) is 0 Å². The minimum atomic E-state index is -0.144. The Labute approximate surface area is 134 Å². The third-order valence-corrected chi connectivity index (χ3v) is 3.52. The fraction of sp³-hybridized carbons (Fsp3) is 0.0526. The van der Waals surface area contributed by atoms with Crippen molar-refractivity contribution in [2.24, 2.45) is 0 Å². The van der Waals surface area contributed by atoms with Crippen LogP contribution < -0.4 is 4.57 Å². The zero-order valence-corrected chi connectivity index (χ0v) is 12.4. The van der Waals surface area contributed by atoms with Crippen LogP contribution in [0.2, 0.25) is 0 Å². The van der Waals surface area contributed by atoms with E-state index in [4.69, 9.17) is 0 Å². The first-order valence-electron chi connectivity index (χ1n) is 7.27. The maximum absolute atomic E-state index is 12.7. The molecule has 0 fully saturated rings. The van der Waals surface area contributed by atoms with Gasteiger partial charge in [-0.2, -0.15) is 4.57 Å². The highest BCUT2D eigenvalue weighted by Gasteiger charge is 2.20. The van der Waals surface area contributed by atoms with Crippen molar-refractivity contribution in [2.45, 2.75) is 6.54 Å². The van der Waals surface area contributed by atoms with Crippen molar-refractivity contribution in [2.75, 3.05) is 0 Å². The van der Waals surface area contributed by atoms with Crippen LogP contribution in [0.4, 0.5) is 0 Å². The minimum Gasteiger partial charge on any atom is -0.289 e. The van der Waals surface area contributed by atoms with Crippen LogP contribution in [-0.2, 0) is 6.54 Å². The monoisotopic (exact) mass is 303 g/mol. The molecular formula is C19H15N2O2+. The van der Waals surface area contributed by atoms with Gasteiger partial charge in [-0.05, 0) is 0 Å². The van der Waals surface area contributed by atoms with E-state index in [0.717, 1.165) is 0 Å². The predicted molar refractivity (Wildman–Crippen MR) is 85.1 cm³/mol. The molecule has 0 unspecified atom stereocenters. The summed E-state index contributed by atoms with van der Waals surface area (Å²) in [6, 6.07) is 15.9. The molecule has 0 amide bonds. The number of ketones is 2. The van der Waals surface area contributed by atoms with E-state index in [0.29, 0.717) is 16.7 Å². The Kier molecular flexibility index (Phi) is 4.34. The molecule has 0 bridgehead atoms. The van der Waals surface area contributed by atoms with Gasteiger partial charge >= 0.3 is 0 Å². The van der Waals surface area contributed by atoms with Crippen molar-refractivity contribution in [1.82, 2.24) is 4.98 Å². The largest absolute Gasteiger partial charge is 0.289 e. The molecule has 0 atom stereocenters. The summed E-state index contributed by atoms with van der Waals surface area (Å²) in [5, 5.41) is 0. The molecule has 1 heterocycles. The molecule has 0 N–H and O–H groups in total. The molecule has 2 aromatic carbocycles. The summed E-state index contributed by atoms with van der Waals surface area (Å²) < 4.78 is 1.74. The van der Waals surface area contributed by atoms with Gasteiger partial charge < -0.3 is 0 Å². The third kappa shape index (κ3) is 3.37. The highest BCUT2D eigenvalue weighted by molar-refractivity contribution is 6.15. The lowest BCUT2D eigenvalue weighted by Gasteiger charge is -2.06.